The molecule has 1 saturated carbocycles. The van der Waals surface area contributed by atoms with Gasteiger partial charge in [0, 0.05) is 51.0 Å². The van der Waals surface area contributed by atoms with E-state index in [4.69, 9.17) is 0 Å². The van der Waals surface area contributed by atoms with Crippen LogP contribution in [0.5, 0.6) is 0 Å². The van der Waals surface area contributed by atoms with E-state index < -0.39 is 17.8 Å². The Morgan fingerprint density at radius 1 is 1.24 bits per heavy atom. The van der Waals surface area contributed by atoms with Gasteiger partial charge in [-0.1, -0.05) is 0 Å². The molecule has 2 aliphatic rings. The second-order valence-electron chi connectivity index (χ2n) is 9.06. The molecule has 1 saturated heterocycles. The van der Waals surface area contributed by atoms with Crippen molar-refractivity contribution in [1.29, 1.82) is 0 Å². The van der Waals surface area contributed by atoms with Gasteiger partial charge in [0.2, 0.25) is 0 Å². The molecule has 1 N–H and O–H groups in total. The summed E-state index contributed by atoms with van der Waals surface area (Å²) in [5.41, 5.74) is 0.352. The third-order valence-electron chi connectivity index (χ3n) is 6.67. The number of halogens is 4. The largest absolute Gasteiger partial charge is 0.416 e. The molecular weight excluding hydrogens is 519 g/mol. The first-order valence-electron chi connectivity index (χ1n) is 10.5. The number of fused-ring (bicyclic) bond motifs is 1. The molecule has 3 aromatic rings. The number of aryl methyl sites for hydroxylation is 1. The van der Waals surface area contributed by atoms with Crippen molar-refractivity contribution < 1.29 is 22.8 Å². The Morgan fingerprint density at radius 3 is 2.62 bits per heavy atom. The van der Waals surface area contributed by atoms with E-state index >= 15 is 0 Å². The topological polar surface area (TPSA) is 87.8 Å². The van der Waals surface area contributed by atoms with E-state index in [0.717, 1.165) is 17.8 Å². The Labute approximate surface area is 200 Å². The molecule has 0 radical (unpaired) electrons. The van der Waals surface area contributed by atoms with E-state index in [2.05, 4.69) is 31.3 Å². The highest BCUT2D eigenvalue weighted by atomic mass is 79.9. The molecule has 5 rings (SSSR count). The van der Waals surface area contributed by atoms with Crippen molar-refractivity contribution in [1.82, 2.24) is 29.0 Å². The predicted octanol–water partition coefficient (Wildman–Crippen LogP) is 3.62. The monoisotopic (exact) mass is 539 g/mol. The third kappa shape index (κ3) is 3.81. The van der Waals surface area contributed by atoms with Crippen LogP contribution in [0.2, 0.25) is 0 Å². The number of hydrogen-bond donors (Lipinski definition) is 1. The first-order chi connectivity index (χ1) is 16.0. The Hall–Kier alpha value is -3.09. The van der Waals surface area contributed by atoms with Crippen molar-refractivity contribution >= 4 is 39.3 Å². The molecular formula is C21H21BrF3N7O2. The fourth-order valence-corrected chi connectivity index (χ4v) is 5.28. The number of amides is 3. The van der Waals surface area contributed by atoms with Gasteiger partial charge in [0.15, 0.2) is 0 Å². The van der Waals surface area contributed by atoms with Crippen LogP contribution in [0.3, 0.4) is 0 Å². The number of carbonyl (C=O) groups excluding carboxylic acids is 2. The zero-order valence-corrected chi connectivity index (χ0v) is 19.9. The van der Waals surface area contributed by atoms with E-state index in [1.165, 1.54) is 4.90 Å². The Bertz CT molecular complexity index is 1290. The van der Waals surface area contributed by atoms with Gasteiger partial charge in [-0.05, 0) is 40.9 Å². The van der Waals surface area contributed by atoms with Crippen LogP contribution in [0.4, 0.5) is 23.8 Å². The van der Waals surface area contributed by atoms with E-state index in [1.807, 2.05) is 17.8 Å². The summed E-state index contributed by atoms with van der Waals surface area (Å²) >= 11 is 2.95. The van der Waals surface area contributed by atoms with Crippen molar-refractivity contribution in [3.8, 4) is 0 Å². The summed E-state index contributed by atoms with van der Waals surface area (Å²) in [7, 11) is 3.46. The van der Waals surface area contributed by atoms with Gasteiger partial charge in [0.25, 0.3) is 5.91 Å². The molecule has 180 valence electrons. The summed E-state index contributed by atoms with van der Waals surface area (Å²) < 4.78 is 42.5. The molecule has 0 atom stereocenters. The summed E-state index contributed by atoms with van der Waals surface area (Å²) in [6.07, 6.45) is 2.08. The maximum Gasteiger partial charge on any atom is 0.416 e. The molecule has 13 heteroatoms. The van der Waals surface area contributed by atoms with Gasteiger partial charge in [-0.3, -0.25) is 10.1 Å². The van der Waals surface area contributed by atoms with Gasteiger partial charge in [-0.15, -0.1) is 0 Å². The van der Waals surface area contributed by atoms with Gasteiger partial charge in [0.05, 0.1) is 11.8 Å². The van der Waals surface area contributed by atoms with Crippen LogP contribution in [0.1, 0.15) is 28.8 Å². The van der Waals surface area contributed by atoms with Gasteiger partial charge >= 0.3 is 12.2 Å². The lowest BCUT2D eigenvalue weighted by atomic mass is 9.60. The van der Waals surface area contributed by atoms with Crippen LogP contribution < -0.4 is 5.32 Å². The summed E-state index contributed by atoms with van der Waals surface area (Å²) in [4.78, 5) is 32.7. The molecule has 34 heavy (non-hydrogen) atoms. The molecule has 4 heterocycles. The van der Waals surface area contributed by atoms with E-state index in [-0.39, 0.29) is 27.8 Å². The fourth-order valence-electron chi connectivity index (χ4n) is 4.84. The lowest BCUT2D eigenvalue weighted by Gasteiger charge is -2.60. The lowest BCUT2D eigenvalue weighted by molar-refractivity contribution is -0.137. The second kappa shape index (κ2) is 7.72. The van der Waals surface area contributed by atoms with Crippen molar-refractivity contribution in [3.05, 3.63) is 46.5 Å². The number of carbonyl (C=O) groups is 2. The summed E-state index contributed by atoms with van der Waals surface area (Å²) in [5.74, 6) is -0.251. The Kier molecular flexibility index (Phi) is 5.15. The van der Waals surface area contributed by atoms with Crippen molar-refractivity contribution in [3.63, 3.8) is 0 Å². The molecule has 9 nitrogen and oxygen atoms in total. The number of nitrogens with zero attached hydrogens (tertiary/aromatic N) is 6. The number of anilines is 1. The van der Waals surface area contributed by atoms with E-state index in [9.17, 15) is 22.8 Å². The van der Waals surface area contributed by atoms with Crippen LogP contribution in [0.15, 0.2) is 35.3 Å². The first-order valence-corrected chi connectivity index (χ1v) is 11.3. The molecule has 2 fully saturated rings. The highest BCUT2D eigenvalue weighted by Crippen LogP contribution is 2.50. The van der Waals surface area contributed by atoms with Crippen molar-refractivity contribution in [2.45, 2.75) is 25.1 Å². The smallest absolute Gasteiger partial charge is 0.337 e. The van der Waals surface area contributed by atoms with E-state index in [1.54, 1.807) is 28.9 Å². The molecule has 3 amide bonds. The molecule has 1 spiro atoms. The van der Waals surface area contributed by atoms with Gasteiger partial charge in [0.1, 0.15) is 21.6 Å². The minimum atomic E-state index is -4.55. The van der Waals surface area contributed by atoms with Gasteiger partial charge in [-0.2, -0.15) is 18.3 Å². The average Bonchev–Trinajstić information content (AvgIpc) is 3.27. The molecule has 0 unspecified atom stereocenters. The number of alkyl halides is 3. The SMILES string of the molecule is CN(C(=O)Nc1cc(C(F)(F)F)cc(Br)n1)C1CC2(C1)CN(C(=O)c1cnn3ccn(C)c13)C2. The van der Waals surface area contributed by atoms with Crippen LogP contribution in [0, 0.1) is 5.41 Å². The zero-order valence-electron chi connectivity index (χ0n) is 18.3. The van der Waals surface area contributed by atoms with Gasteiger partial charge in [-0.25, -0.2) is 14.3 Å². The minimum absolute atomic E-state index is 0.0202. The maximum atomic E-state index is 13.0. The fraction of sp³-hybridized carbons (Fsp3) is 0.429. The Balaban J connectivity index is 1.17. The number of pyridine rings is 1. The summed E-state index contributed by atoms with van der Waals surface area (Å²) in [5, 5.41) is 6.65. The first kappa shape index (κ1) is 22.7. The quantitative estimate of drug-likeness (QED) is 0.515. The Morgan fingerprint density at radius 2 is 1.94 bits per heavy atom. The predicted molar refractivity (Wildman–Crippen MR) is 119 cm³/mol. The average molecular weight is 540 g/mol. The summed E-state index contributed by atoms with van der Waals surface area (Å²) in [6, 6.07) is 1.05. The zero-order chi connectivity index (χ0) is 24.4. The third-order valence-corrected chi connectivity index (χ3v) is 7.07. The van der Waals surface area contributed by atoms with E-state index in [0.29, 0.717) is 31.5 Å². The van der Waals surface area contributed by atoms with Gasteiger partial charge < -0.3 is 14.4 Å². The second-order valence-corrected chi connectivity index (χ2v) is 9.87. The molecule has 0 bridgehead atoms. The summed E-state index contributed by atoms with van der Waals surface area (Å²) in [6.45, 7) is 1.20. The van der Waals surface area contributed by atoms with Crippen molar-refractivity contribution in [2.24, 2.45) is 12.5 Å². The molecule has 1 aliphatic heterocycles. The maximum absolute atomic E-state index is 13.0. The number of rotatable bonds is 3. The lowest BCUT2D eigenvalue weighted by Crippen LogP contribution is -2.67. The molecule has 1 aliphatic carbocycles. The van der Waals surface area contributed by atoms with Crippen molar-refractivity contribution in [2.75, 3.05) is 25.5 Å². The van der Waals surface area contributed by atoms with Crippen LogP contribution in [0.25, 0.3) is 5.65 Å². The minimum Gasteiger partial charge on any atom is -0.337 e. The number of imidazole rings is 1. The number of nitrogens with one attached hydrogen (secondary N) is 1. The highest BCUT2D eigenvalue weighted by Gasteiger charge is 2.55. The standard InChI is InChI=1S/C21H21BrF3N7O2/c1-29-3-4-32-17(29)14(9-26-32)18(33)31-10-20(11-31)7-13(8-20)30(2)19(34)28-16-6-12(21(23,24)25)5-15(22)27-16/h3-6,9,13H,7-8,10-11H2,1-2H3,(H,27,28,34). The van der Waals surface area contributed by atoms with Crippen LogP contribution >= 0.6 is 15.9 Å². The highest BCUT2D eigenvalue weighted by molar-refractivity contribution is 9.10. The molecule has 0 aromatic carbocycles. The number of likely N-dealkylation sites (tertiary alicyclic amines) is 1. The number of urea groups is 1. The van der Waals surface area contributed by atoms with Crippen LogP contribution in [-0.4, -0.2) is 67.1 Å². The molecule has 3 aromatic heterocycles. The van der Waals surface area contributed by atoms with Crippen LogP contribution in [-0.2, 0) is 13.2 Å². The number of hydrogen-bond acceptors (Lipinski definition) is 4. The normalized spacial score (nSPS) is 17.5. The number of aromatic nitrogens is 4.